The van der Waals surface area contributed by atoms with Crippen molar-refractivity contribution in [1.29, 1.82) is 0 Å². The van der Waals surface area contributed by atoms with Crippen LogP contribution in [0.25, 0.3) is 5.57 Å². The van der Waals surface area contributed by atoms with E-state index in [2.05, 4.69) is 5.32 Å². The first-order chi connectivity index (χ1) is 12.2. The second-order valence-corrected chi connectivity index (χ2v) is 6.86. The second kappa shape index (κ2) is 6.54. The molecule has 0 aromatic heterocycles. The van der Waals surface area contributed by atoms with Crippen molar-refractivity contribution in [1.82, 2.24) is 4.90 Å². The van der Waals surface area contributed by atoms with Gasteiger partial charge in [0.1, 0.15) is 0 Å². The Bertz CT molecular complexity index is 848. The molecule has 5 heteroatoms. The lowest BCUT2D eigenvalue weighted by molar-refractivity contribution is 0.154. The minimum Gasteiger partial charge on any atom is -0.394 e. The van der Waals surface area contributed by atoms with E-state index in [1.54, 1.807) is 4.90 Å². The van der Waals surface area contributed by atoms with E-state index in [0.717, 1.165) is 29.1 Å². The molecular formula is C20H19ClN2O2. The zero-order chi connectivity index (χ0) is 17.4. The summed E-state index contributed by atoms with van der Waals surface area (Å²) in [6.07, 6.45) is 1.55. The van der Waals surface area contributed by atoms with Crippen LogP contribution in [0, 0.1) is 0 Å². The number of nitrogens with one attached hydrogen (secondary N) is 1. The number of rotatable bonds is 2. The summed E-state index contributed by atoms with van der Waals surface area (Å²) in [5, 5.41) is 13.6. The average molecular weight is 355 g/mol. The number of benzene rings is 2. The number of urea groups is 1. The van der Waals surface area contributed by atoms with Gasteiger partial charge >= 0.3 is 6.03 Å². The highest BCUT2D eigenvalue weighted by molar-refractivity contribution is 6.30. The van der Waals surface area contributed by atoms with Crippen LogP contribution < -0.4 is 5.32 Å². The summed E-state index contributed by atoms with van der Waals surface area (Å²) in [6, 6.07) is 14.8. The first-order valence-electron chi connectivity index (χ1n) is 8.41. The quantitative estimate of drug-likeness (QED) is 0.858. The fourth-order valence-corrected chi connectivity index (χ4v) is 4.00. The molecule has 0 fully saturated rings. The third kappa shape index (κ3) is 2.92. The molecule has 0 saturated carbocycles. The van der Waals surface area contributed by atoms with Crippen LogP contribution in [-0.4, -0.2) is 35.2 Å². The van der Waals surface area contributed by atoms with Crippen LogP contribution in [0.3, 0.4) is 0 Å². The molecule has 2 aromatic rings. The highest BCUT2D eigenvalue weighted by Gasteiger charge is 2.36. The topological polar surface area (TPSA) is 52.6 Å². The number of nitrogens with zero attached hydrogens (tertiary/aromatic N) is 1. The lowest BCUT2D eigenvalue weighted by Crippen LogP contribution is -2.48. The van der Waals surface area contributed by atoms with Gasteiger partial charge in [-0.2, -0.15) is 0 Å². The lowest BCUT2D eigenvalue weighted by atomic mass is 9.93. The number of carbonyl (C=O) groups is 1. The molecule has 1 unspecified atom stereocenters. The molecule has 2 N–H and O–H groups in total. The number of para-hydroxylation sites is 1. The Labute approximate surface area is 151 Å². The fourth-order valence-electron chi connectivity index (χ4n) is 3.83. The zero-order valence-corrected chi connectivity index (χ0v) is 14.5. The van der Waals surface area contributed by atoms with E-state index < -0.39 is 0 Å². The molecule has 4 rings (SSSR count). The van der Waals surface area contributed by atoms with Crippen molar-refractivity contribution in [2.45, 2.75) is 18.9 Å². The third-order valence-electron chi connectivity index (χ3n) is 5.01. The van der Waals surface area contributed by atoms with E-state index in [9.17, 15) is 9.90 Å². The second-order valence-electron chi connectivity index (χ2n) is 6.42. The number of halogens is 1. The van der Waals surface area contributed by atoms with Crippen LogP contribution in [0.4, 0.5) is 10.5 Å². The first kappa shape index (κ1) is 16.2. The van der Waals surface area contributed by atoms with Gasteiger partial charge in [-0.15, -0.1) is 0 Å². The number of hydrogen-bond acceptors (Lipinski definition) is 2. The van der Waals surface area contributed by atoms with Crippen LogP contribution >= 0.6 is 11.6 Å². The maximum absolute atomic E-state index is 12.7. The standard InChI is InChI=1S/C20H19ClN2O2/c21-14-7-6-13-10-18-16(17(13)11-14)8-9-23(19(18)12-24)20(25)22-15-4-2-1-3-5-15/h1-7,11,19,24H,8-10,12H2,(H,22,25). The van der Waals surface area contributed by atoms with E-state index >= 15 is 0 Å². The van der Waals surface area contributed by atoms with E-state index in [0.29, 0.717) is 6.54 Å². The molecule has 0 radical (unpaired) electrons. The monoisotopic (exact) mass is 354 g/mol. The predicted octanol–water partition coefficient (Wildman–Crippen LogP) is 3.95. The molecule has 1 atom stereocenters. The van der Waals surface area contributed by atoms with Gasteiger partial charge in [-0.3, -0.25) is 0 Å². The Morgan fingerprint density at radius 2 is 2.04 bits per heavy atom. The van der Waals surface area contributed by atoms with Crippen molar-refractivity contribution in [3.05, 3.63) is 70.3 Å². The van der Waals surface area contributed by atoms with Crippen molar-refractivity contribution < 1.29 is 9.90 Å². The van der Waals surface area contributed by atoms with E-state index in [1.165, 1.54) is 16.7 Å². The largest absolute Gasteiger partial charge is 0.394 e. The maximum Gasteiger partial charge on any atom is 0.322 e. The summed E-state index contributed by atoms with van der Waals surface area (Å²) in [6.45, 7) is 0.497. The molecule has 4 nitrogen and oxygen atoms in total. The Morgan fingerprint density at radius 1 is 1.24 bits per heavy atom. The molecule has 1 aliphatic carbocycles. The van der Waals surface area contributed by atoms with Crippen molar-refractivity contribution in [3.63, 3.8) is 0 Å². The summed E-state index contributed by atoms with van der Waals surface area (Å²) in [5.74, 6) is 0. The van der Waals surface area contributed by atoms with Gasteiger partial charge in [0.2, 0.25) is 0 Å². The number of hydrogen-bond donors (Lipinski definition) is 2. The lowest BCUT2D eigenvalue weighted by Gasteiger charge is -2.36. The SMILES string of the molecule is O=C(Nc1ccccc1)N1CCC2=C(Cc3ccc(Cl)cc32)C1CO. The van der Waals surface area contributed by atoms with Gasteiger partial charge < -0.3 is 15.3 Å². The van der Waals surface area contributed by atoms with Gasteiger partial charge in [-0.1, -0.05) is 35.9 Å². The van der Waals surface area contributed by atoms with Crippen molar-refractivity contribution in [2.24, 2.45) is 0 Å². The van der Waals surface area contributed by atoms with Gasteiger partial charge in [0, 0.05) is 17.3 Å². The molecule has 1 heterocycles. The molecule has 0 saturated heterocycles. The van der Waals surface area contributed by atoms with Gasteiger partial charge in [0.15, 0.2) is 0 Å². The smallest absolute Gasteiger partial charge is 0.322 e. The minimum atomic E-state index is -0.293. The van der Waals surface area contributed by atoms with Gasteiger partial charge in [0.25, 0.3) is 0 Å². The molecule has 2 aliphatic rings. The number of aliphatic hydroxyl groups is 1. The summed E-state index contributed by atoms with van der Waals surface area (Å²) < 4.78 is 0. The fraction of sp³-hybridized carbons (Fsp3) is 0.250. The molecule has 2 aromatic carbocycles. The highest BCUT2D eigenvalue weighted by atomic mass is 35.5. The first-order valence-corrected chi connectivity index (χ1v) is 8.79. The summed E-state index contributed by atoms with van der Waals surface area (Å²) in [5.41, 5.74) is 5.52. The molecule has 2 amide bonds. The average Bonchev–Trinajstić information content (AvgIpc) is 2.99. The Morgan fingerprint density at radius 3 is 2.80 bits per heavy atom. The maximum atomic E-state index is 12.7. The third-order valence-corrected chi connectivity index (χ3v) is 5.24. The number of fused-ring (bicyclic) bond motifs is 2. The molecule has 0 bridgehead atoms. The van der Waals surface area contributed by atoms with Gasteiger partial charge in [-0.25, -0.2) is 4.79 Å². The Hall–Kier alpha value is -2.30. The summed E-state index contributed by atoms with van der Waals surface area (Å²) in [7, 11) is 0. The van der Waals surface area contributed by atoms with Crippen molar-refractivity contribution in [2.75, 3.05) is 18.5 Å². The van der Waals surface area contributed by atoms with E-state index in [4.69, 9.17) is 11.6 Å². The molecule has 25 heavy (non-hydrogen) atoms. The van der Waals surface area contributed by atoms with Crippen LogP contribution in [0.15, 0.2) is 54.1 Å². The van der Waals surface area contributed by atoms with Gasteiger partial charge in [-0.05, 0) is 59.4 Å². The number of amides is 2. The van der Waals surface area contributed by atoms with Gasteiger partial charge in [0.05, 0.1) is 12.6 Å². The summed E-state index contributed by atoms with van der Waals surface area (Å²) in [4.78, 5) is 14.4. The summed E-state index contributed by atoms with van der Waals surface area (Å²) >= 11 is 6.15. The Kier molecular flexibility index (Phi) is 4.24. The van der Waals surface area contributed by atoms with Crippen LogP contribution in [0.5, 0.6) is 0 Å². The number of aliphatic hydroxyl groups excluding tert-OH is 1. The van der Waals surface area contributed by atoms with Crippen LogP contribution in [0.2, 0.25) is 5.02 Å². The van der Waals surface area contributed by atoms with Crippen LogP contribution in [0.1, 0.15) is 17.5 Å². The molecular weight excluding hydrogens is 336 g/mol. The predicted molar refractivity (Wildman–Crippen MR) is 99.7 cm³/mol. The van der Waals surface area contributed by atoms with Crippen molar-refractivity contribution >= 4 is 28.9 Å². The van der Waals surface area contributed by atoms with Crippen molar-refractivity contribution in [3.8, 4) is 0 Å². The Balaban J connectivity index is 1.60. The number of anilines is 1. The molecule has 1 aliphatic heterocycles. The number of carbonyl (C=O) groups excluding carboxylic acids is 1. The molecule has 128 valence electrons. The zero-order valence-electron chi connectivity index (χ0n) is 13.7. The minimum absolute atomic E-state index is 0.0806. The molecule has 0 spiro atoms. The van der Waals surface area contributed by atoms with E-state index in [1.807, 2.05) is 48.5 Å². The van der Waals surface area contributed by atoms with Crippen LogP contribution in [-0.2, 0) is 6.42 Å². The normalized spacial score (nSPS) is 18.8. The van der Waals surface area contributed by atoms with E-state index in [-0.39, 0.29) is 18.7 Å². The highest BCUT2D eigenvalue weighted by Crippen LogP contribution is 2.41.